The molecule has 0 aromatic heterocycles. The van der Waals surface area contributed by atoms with Crippen LogP contribution in [0.25, 0.3) is 0 Å². The van der Waals surface area contributed by atoms with Gasteiger partial charge in [0.1, 0.15) is 0 Å². The number of rotatable bonds is 8. The molecule has 1 unspecified atom stereocenters. The van der Waals surface area contributed by atoms with Crippen LogP contribution in [0.4, 0.5) is 0 Å². The number of hydrogen-bond acceptors (Lipinski definition) is 3. The molecule has 0 aliphatic heterocycles. The standard InChI is InChI=1S/C17H27NO2/c1-7-10-14(18-17(3,4)8-2)13-11-9-12-15(19-5)16(13)20-6/h7,9,11-12,14,18H,1,8,10H2,2-6H3. The van der Waals surface area contributed by atoms with Crippen LogP contribution in [0, 0.1) is 0 Å². The molecule has 0 heterocycles. The van der Waals surface area contributed by atoms with Gasteiger partial charge in [0.05, 0.1) is 14.2 Å². The summed E-state index contributed by atoms with van der Waals surface area (Å²) in [6.07, 6.45) is 3.82. The minimum absolute atomic E-state index is 0.0573. The van der Waals surface area contributed by atoms with E-state index >= 15 is 0 Å². The van der Waals surface area contributed by atoms with E-state index in [9.17, 15) is 0 Å². The maximum Gasteiger partial charge on any atom is 0.165 e. The van der Waals surface area contributed by atoms with Crippen LogP contribution in [0.5, 0.6) is 11.5 Å². The molecule has 0 saturated carbocycles. The summed E-state index contributed by atoms with van der Waals surface area (Å²) >= 11 is 0. The Bertz CT molecular complexity index is 441. The predicted molar refractivity (Wildman–Crippen MR) is 84.6 cm³/mol. The van der Waals surface area contributed by atoms with E-state index in [-0.39, 0.29) is 11.6 Å². The maximum atomic E-state index is 5.54. The van der Waals surface area contributed by atoms with Crippen molar-refractivity contribution >= 4 is 0 Å². The van der Waals surface area contributed by atoms with Gasteiger partial charge in [-0.1, -0.05) is 25.1 Å². The highest BCUT2D eigenvalue weighted by Gasteiger charge is 2.24. The van der Waals surface area contributed by atoms with Crippen molar-refractivity contribution in [3.05, 3.63) is 36.4 Å². The molecule has 1 aromatic rings. The van der Waals surface area contributed by atoms with Gasteiger partial charge in [0, 0.05) is 17.1 Å². The quantitative estimate of drug-likeness (QED) is 0.726. The topological polar surface area (TPSA) is 30.5 Å². The van der Waals surface area contributed by atoms with Crippen molar-refractivity contribution in [2.75, 3.05) is 14.2 Å². The summed E-state index contributed by atoms with van der Waals surface area (Å²) in [5.74, 6) is 1.55. The summed E-state index contributed by atoms with van der Waals surface area (Å²) in [7, 11) is 3.34. The van der Waals surface area contributed by atoms with Crippen LogP contribution in [-0.4, -0.2) is 19.8 Å². The number of hydrogen-bond donors (Lipinski definition) is 1. The van der Waals surface area contributed by atoms with Crippen LogP contribution in [0.3, 0.4) is 0 Å². The normalized spacial score (nSPS) is 12.8. The molecule has 3 heteroatoms. The molecule has 112 valence electrons. The molecule has 3 nitrogen and oxygen atoms in total. The molecule has 0 fully saturated rings. The molecule has 0 amide bonds. The number of benzene rings is 1. The van der Waals surface area contributed by atoms with Gasteiger partial charge >= 0.3 is 0 Å². The molecule has 1 N–H and O–H groups in total. The summed E-state index contributed by atoms with van der Waals surface area (Å²) in [6.45, 7) is 10.5. The number of para-hydroxylation sites is 1. The van der Waals surface area contributed by atoms with Gasteiger partial charge in [0.25, 0.3) is 0 Å². The number of methoxy groups -OCH3 is 2. The molecule has 0 aliphatic rings. The Morgan fingerprint density at radius 3 is 2.50 bits per heavy atom. The summed E-state index contributed by atoms with van der Waals surface area (Å²) in [5, 5.41) is 3.68. The van der Waals surface area contributed by atoms with Crippen molar-refractivity contribution in [1.82, 2.24) is 5.32 Å². The Morgan fingerprint density at radius 1 is 1.30 bits per heavy atom. The van der Waals surface area contributed by atoms with Crippen molar-refractivity contribution in [2.24, 2.45) is 0 Å². The van der Waals surface area contributed by atoms with Gasteiger partial charge in [-0.25, -0.2) is 0 Å². The first-order valence-electron chi connectivity index (χ1n) is 7.08. The monoisotopic (exact) mass is 277 g/mol. The van der Waals surface area contributed by atoms with E-state index in [2.05, 4.69) is 38.7 Å². The highest BCUT2D eigenvalue weighted by Crippen LogP contribution is 2.36. The fourth-order valence-electron chi connectivity index (χ4n) is 2.19. The Hall–Kier alpha value is -1.48. The van der Waals surface area contributed by atoms with Gasteiger partial charge in [0.2, 0.25) is 0 Å². The lowest BCUT2D eigenvalue weighted by atomic mass is 9.95. The van der Waals surface area contributed by atoms with E-state index in [0.29, 0.717) is 0 Å². The minimum Gasteiger partial charge on any atom is -0.493 e. The lowest BCUT2D eigenvalue weighted by molar-refractivity contribution is 0.311. The molecule has 0 saturated heterocycles. The lowest BCUT2D eigenvalue weighted by Crippen LogP contribution is -2.41. The third-order valence-electron chi connectivity index (χ3n) is 3.66. The Labute approximate surface area is 123 Å². The van der Waals surface area contributed by atoms with Crippen LogP contribution in [-0.2, 0) is 0 Å². The Balaban J connectivity index is 3.17. The highest BCUT2D eigenvalue weighted by atomic mass is 16.5. The molecule has 0 spiro atoms. The first kappa shape index (κ1) is 16.6. The minimum atomic E-state index is 0.0573. The first-order valence-corrected chi connectivity index (χ1v) is 7.08. The Morgan fingerprint density at radius 2 is 2.00 bits per heavy atom. The molecule has 0 radical (unpaired) electrons. The van der Waals surface area contributed by atoms with Gasteiger partial charge in [0.15, 0.2) is 11.5 Å². The molecule has 1 rings (SSSR count). The van der Waals surface area contributed by atoms with Crippen LogP contribution < -0.4 is 14.8 Å². The second kappa shape index (κ2) is 7.34. The van der Waals surface area contributed by atoms with E-state index in [4.69, 9.17) is 9.47 Å². The zero-order valence-corrected chi connectivity index (χ0v) is 13.3. The smallest absolute Gasteiger partial charge is 0.165 e. The zero-order chi connectivity index (χ0) is 15.2. The molecule has 1 aromatic carbocycles. The Kier molecular flexibility index (Phi) is 6.08. The summed E-state index contributed by atoms with van der Waals surface area (Å²) < 4.78 is 10.9. The first-order chi connectivity index (χ1) is 9.49. The van der Waals surface area contributed by atoms with Crippen LogP contribution >= 0.6 is 0 Å². The van der Waals surface area contributed by atoms with Crippen molar-refractivity contribution in [3.8, 4) is 11.5 Å². The number of ether oxygens (including phenoxy) is 2. The van der Waals surface area contributed by atoms with Crippen molar-refractivity contribution in [2.45, 2.75) is 45.2 Å². The summed E-state index contributed by atoms with van der Waals surface area (Å²) in [6, 6.07) is 6.15. The third kappa shape index (κ3) is 4.01. The van der Waals surface area contributed by atoms with Crippen LogP contribution in [0.15, 0.2) is 30.9 Å². The molecular weight excluding hydrogens is 250 g/mol. The van der Waals surface area contributed by atoms with Gasteiger partial charge < -0.3 is 14.8 Å². The second-order valence-electron chi connectivity index (χ2n) is 5.54. The van der Waals surface area contributed by atoms with Crippen LogP contribution in [0.2, 0.25) is 0 Å². The third-order valence-corrected chi connectivity index (χ3v) is 3.66. The predicted octanol–water partition coefficient (Wildman–Crippen LogP) is 4.10. The van der Waals surface area contributed by atoms with E-state index in [0.717, 1.165) is 29.9 Å². The molecule has 20 heavy (non-hydrogen) atoms. The second-order valence-corrected chi connectivity index (χ2v) is 5.54. The number of nitrogens with one attached hydrogen (secondary N) is 1. The largest absolute Gasteiger partial charge is 0.493 e. The van der Waals surface area contributed by atoms with Crippen molar-refractivity contribution in [1.29, 1.82) is 0 Å². The van der Waals surface area contributed by atoms with E-state index in [1.807, 2.05) is 18.2 Å². The van der Waals surface area contributed by atoms with E-state index < -0.39 is 0 Å². The summed E-state index contributed by atoms with van der Waals surface area (Å²) in [5.41, 5.74) is 1.16. The van der Waals surface area contributed by atoms with Gasteiger partial charge in [-0.3, -0.25) is 0 Å². The fraction of sp³-hybridized carbons (Fsp3) is 0.529. The van der Waals surface area contributed by atoms with Gasteiger partial charge in [-0.15, -0.1) is 6.58 Å². The van der Waals surface area contributed by atoms with Crippen LogP contribution in [0.1, 0.15) is 45.2 Å². The van der Waals surface area contributed by atoms with Crippen molar-refractivity contribution < 1.29 is 9.47 Å². The fourth-order valence-corrected chi connectivity index (χ4v) is 2.19. The average molecular weight is 277 g/mol. The SMILES string of the molecule is C=CCC(NC(C)(C)CC)c1cccc(OC)c1OC. The molecule has 1 atom stereocenters. The van der Waals surface area contributed by atoms with Gasteiger partial charge in [-0.05, 0) is 32.8 Å². The summed E-state index contributed by atoms with van der Waals surface area (Å²) in [4.78, 5) is 0. The van der Waals surface area contributed by atoms with Gasteiger partial charge in [-0.2, -0.15) is 0 Å². The molecule has 0 bridgehead atoms. The van der Waals surface area contributed by atoms with Crippen molar-refractivity contribution in [3.63, 3.8) is 0 Å². The lowest BCUT2D eigenvalue weighted by Gasteiger charge is -2.32. The zero-order valence-electron chi connectivity index (χ0n) is 13.3. The molecular formula is C17H27NO2. The van der Waals surface area contributed by atoms with E-state index in [1.54, 1.807) is 14.2 Å². The average Bonchev–Trinajstić information content (AvgIpc) is 2.45. The molecule has 0 aliphatic carbocycles. The van der Waals surface area contributed by atoms with E-state index in [1.165, 1.54) is 0 Å². The highest BCUT2D eigenvalue weighted by molar-refractivity contribution is 5.48. The maximum absolute atomic E-state index is 5.54.